The van der Waals surface area contributed by atoms with E-state index in [2.05, 4.69) is 44.0 Å². The van der Waals surface area contributed by atoms with Crippen LogP contribution in [0.3, 0.4) is 0 Å². The molecule has 0 spiro atoms. The second-order valence-corrected chi connectivity index (χ2v) is 10.9. The smallest absolute Gasteiger partial charge is 0.215 e. The lowest BCUT2D eigenvalue weighted by molar-refractivity contribution is 0.00178. The number of phenols is 1. The lowest BCUT2D eigenvalue weighted by atomic mass is 9.85. The largest absolute Gasteiger partial charge is 0.504 e. The van der Waals surface area contributed by atoms with Gasteiger partial charge in [0.1, 0.15) is 5.75 Å². The first-order valence-corrected chi connectivity index (χ1v) is 13.9. The summed E-state index contributed by atoms with van der Waals surface area (Å²) >= 11 is 2.47. The van der Waals surface area contributed by atoms with Crippen molar-refractivity contribution in [2.75, 3.05) is 7.11 Å². The number of alkyl halides is 1. The van der Waals surface area contributed by atoms with Gasteiger partial charge in [-0.1, -0.05) is 72.8 Å². The van der Waals surface area contributed by atoms with Crippen molar-refractivity contribution in [3.8, 4) is 39.5 Å². The van der Waals surface area contributed by atoms with Crippen molar-refractivity contribution in [1.29, 1.82) is 0 Å². The summed E-state index contributed by atoms with van der Waals surface area (Å²) in [4.78, 5) is 0. The summed E-state index contributed by atoms with van der Waals surface area (Å²) in [5.41, 5.74) is 16.8. The fraction of sp³-hybridized carbons (Fsp3) is 0.357. The summed E-state index contributed by atoms with van der Waals surface area (Å²) in [6.07, 6.45) is 4.01. The molecule has 1 aliphatic rings. The van der Waals surface area contributed by atoms with Gasteiger partial charge >= 0.3 is 0 Å². The van der Waals surface area contributed by atoms with Gasteiger partial charge in [0.25, 0.3) is 0 Å². The van der Waals surface area contributed by atoms with Gasteiger partial charge in [-0.25, -0.2) is 0 Å². The fourth-order valence-electron chi connectivity index (χ4n) is 4.33. The van der Waals surface area contributed by atoms with Crippen LogP contribution >= 0.6 is 31.8 Å². The Morgan fingerprint density at radius 1 is 0.857 bits per heavy atom. The van der Waals surface area contributed by atoms with Crippen LogP contribution in [0.5, 0.6) is 17.2 Å². The van der Waals surface area contributed by atoms with Gasteiger partial charge < -0.3 is 14.6 Å². The fourth-order valence-corrected chi connectivity index (χ4v) is 5.45. The second-order valence-electron chi connectivity index (χ2n) is 8.58. The van der Waals surface area contributed by atoms with Crippen molar-refractivity contribution in [2.45, 2.75) is 49.3 Å². The van der Waals surface area contributed by atoms with Crippen LogP contribution in [-0.2, 0) is 0 Å². The van der Waals surface area contributed by atoms with Gasteiger partial charge in [0.15, 0.2) is 11.5 Å². The maximum atomic E-state index is 10.9. The minimum Gasteiger partial charge on any atom is -0.504 e. The maximum Gasteiger partial charge on any atom is 0.215 e. The highest BCUT2D eigenvalue weighted by Gasteiger charge is 2.36. The molecule has 1 atom stereocenters. The number of benzene rings is 3. The molecule has 7 heteroatoms. The highest BCUT2D eigenvalue weighted by Crippen LogP contribution is 2.37. The van der Waals surface area contributed by atoms with E-state index in [-0.39, 0.29) is 11.7 Å². The number of nitrogens with two attached hydrogens (primary N) is 2. The van der Waals surface area contributed by atoms with Crippen molar-refractivity contribution in [3.05, 3.63) is 60.7 Å². The first-order chi connectivity index (χ1) is 16.8. The Bertz CT molecular complexity index is 1100. The molecule has 3 aromatic rings. The zero-order chi connectivity index (χ0) is 25.6. The predicted molar refractivity (Wildman–Crippen MR) is 158 cm³/mol. The molecule has 1 aliphatic carbocycles. The standard InChI is InChI=1S/C26H30IN2O3P.C2H6/c1-31-21-12-6-17(7-13-21)16-2-4-18(5-3-16)22-14-15-23(24(30)25(22)33)32-26(28,29)19-8-10-20(27)11-9-19;1-2/h2-7,12-15,19-20,30H,8-11,28-29,33H2,1H3;1-2H3. The first-order valence-electron chi connectivity index (χ1n) is 12.1. The first kappa shape index (κ1) is 27.7. The molecule has 1 fully saturated rings. The van der Waals surface area contributed by atoms with E-state index in [1.165, 1.54) is 0 Å². The lowest BCUT2D eigenvalue weighted by Crippen LogP contribution is -2.61. The molecule has 3 aromatic carbocycles. The number of halogens is 1. The van der Waals surface area contributed by atoms with Crippen LogP contribution in [0.1, 0.15) is 39.5 Å². The monoisotopic (exact) mass is 606 g/mol. The van der Waals surface area contributed by atoms with Crippen LogP contribution in [0.25, 0.3) is 22.3 Å². The minimum atomic E-state index is -1.31. The third kappa shape index (κ3) is 6.67. The van der Waals surface area contributed by atoms with Crippen LogP contribution in [0.4, 0.5) is 0 Å². The Balaban J connectivity index is 0.00000167. The van der Waals surface area contributed by atoms with E-state index < -0.39 is 5.85 Å². The molecular formula is C28H36IN2O3P. The van der Waals surface area contributed by atoms with Crippen molar-refractivity contribution < 1.29 is 14.6 Å². The van der Waals surface area contributed by atoms with Gasteiger partial charge in [0.05, 0.1) is 7.11 Å². The van der Waals surface area contributed by atoms with Crippen molar-refractivity contribution >= 4 is 37.1 Å². The van der Waals surface area contributed by atoms with Gasteiger partial charge in [-0.2, -0.15) is 0 Å². The van der Waals surface area contributed by atoms with E-state index in [1.54, 1.807) is 13.2 Å². The van der Waals surface area contributed by atoms with E-state index in [0.29, 0.717) is 15.0 Å². The zero-order valence-electron chi connectivity index (χ0n) is 20.6. The quantitative estimate of drug-likeness (QED) is 0.135. The minimum absolute atomic E-state index is 0.0413. The summed E-state index contributed by atoms with van der Waals surface area (Å²) in [5, 5.41) is 11.5. The lowest BCUT2D eigenvalue weighted by Gasteiger charge is -2.37. The van der Waals surface area contributed by atoms with Gasteiger partial charge in [-0.15, -0.1) is 9.24 Å². The van der Waals surface area contributed by atoms with Crippen LogP contribution < -0.4 is 26.2 Å². The number of hydrogen-bond acceptors (Lipinski definition) is 5. The van der Waals surface area contributed by atoms with Crippen LogP contribution in [-0.4, -0.2) is 22.0 Å². The van der Waals surface area contributed by atoms with Gasteiger partial charge in [-0.05, 0) is 72.2 Å². The Morgan fingerprint density at radius 2 is 1.37 bits per heavy atom. The molecule has 4 rings (SSSR count). The summed E-state index contributed by atoms with van der Waals surface area (Å²) in [6.45, 7) is 4.00. The highest BCUT2D eigenvalue weighted by molar-refractivity contribution is 14.1. The molecular weight excluding hydrogens is 570 g/mol. The average molecular weight is 606 g/mol. The second kappa shape index (κ2) is 12.4. The van der Waals surface area contributed by atoms with Crippen LogP contribution in [0.2, 0.25) is 0 Å². The van der Waals surface area contributed by atoms with E-state index in [9.17, 15) is 5.11 Å². The van der Waals surface area contributed by atoms with Gasteiger partial charge in [0, 0.05) is 15.1 Å². The Hall–Kier alpha value is -1.86. The molecule has 0 bridgehead atoms. The Morgan fingerprint density at radius 3 is 1.91 bits per heavy atom. The average Bonchev–Trinajstić information content (AvgIpc) is 2.88. The molecule has 188 valence electrons. The third-order valence-corrected chi connectivity index (χ3v) is 8.21. The Labute approximate surface area is 224 Å². The van der Waals surface area contributed by atoms with E-state index in [4.69, 9.17) is 20.9 Å². The van der Waals surface area contributed by atoms with Crippen molar-refractivity contribution in [1.82, 2.24) is 0 Å². The topological polar surface area (TPSA) is 90.7 Å². The molecule has 5 nitrogen and oxygen atoms in total. The summed E-state index contributed by atoms with van der Waals surface area (Å²) < 4.78 is 11.9. The maximum absolute atomic E-state index is 10.9. The molecule has 1 unspecified atom stereocenters. The molecule has 0 aromatic heterocycles. The number of phenolic OH excluding ortho intramolecular Hbond substituents is 1. The van der Waals surface area contributed by atoms with E-state index in [0.717, 1.165) is 53.7 Å². The van der Waals surface area contributed by atoms with Crippen LogP contribution in [0.15, 0.2) is 60.7 Å². The Kier molecular flexibility index (Phi) is 9.82. The predicted octanol–water partition coefficient (Wildman–Crippen LogP) is 6.21. The number of hydrogen-bond donors (Lipinski definition) is 3. The number of rotatable bonds is 6. The summed E-state index contributed by atoms with van der Waals surface area (Å²) in [6, 6.07) is 19.9. The molecule has 0 heterocycles. The molecule has 35 heavy (non-hydrogen) atoms. The highest BCUT2D eigenvalue weighted by atomic mass is 127. The van der Waals surface area contributed by atoms with Gasteiger partial charge in [-0.3, -0.25) is 11.5 Å². The summed E-state index contributed by atoms with van der Waals surface area (Å²) in [7, 11) is 4.27. The molecule has 0 saturated heterocycles. The molecule has 0 radical (unpaired) electrons. The van der Waals surface area contributed by atoms with Crippen LogP contribution in [0, 0.1) is 5.92 Å². The molecule has 1 saturated carbocycles. The summed E-state index contributed by atoms with van der Waals surface area (Å²) in [5.74, 6) is -0.0781. The number of ether oxygens (including phenoxy) is 2. The number of methoxy groups -OCH3 is 1. The van der Waals surface area contributed by atoms with E-state index >= 15 is 0 Å². The molecule has 0 amide bonds. The van der Waals surface area contributed by atoms with Gasteiger partial charge in [0.2, 0.25) is 5.85 Å². The molecule has 5 N–H and O–H groups in total. The zero-order valence-corrected chi connectivity index (χ0v) is 23.9. The van der Waals surface area contributed by atoms with E-state index in [1.807, 2.05) is 56.3 Å². The number of aromatic hydroxyl groups is 1. The van der Waals surface area contributed by atoms with Crippen molar-refractivity contribution in [2.24, 2.45) is 17.4 Å². The SMILES string of the molecule is CC.COc1ccc(-c2ccc(-c3ccc(OC(N)(N)C4CCC(I)CC4)c(O)c3P)cc2)cc1. The van der Waals surface area contributed by atoms with Crippen molar-refractivity contribution in [3.63, 3.8) is 0 Å². The molecule has 0 aliphatic heterocycles. The third-order valence-electron chi connectivity index (χ3n) is 6.38. The normalized spacial score (nSPS) is 17.8.